The summed E-state index contributed by atoms with van der Waals surface area (Å²) < 4.78 is 4.15. The standard InChI is InChI=1S/C20H20N4OS3/c1-14-21-7-9-24(14)8-4-19(25)22-16-2-3-17-18(12-16)28-20(23-17)27-11-6-15-5-10-26-13-15/h2-3,5,7,9-10,12-13H,4,6,8,11H2,1H3,(H,22,25). The molecule has 0 fully saturated rings. The van der Waals surface area contributed by atoms with Crippen molar-refractivity contribution in [3.8, 4) is 0 Å². The van der Waals surface area contributed by atoms with Crippen LogP contribution in [0.15, 0.2) is 51.8 Å². The Morgan fingerprint density at radius 3 is 3.04 bits per heavy atom. The Kier molecular flexibility index (Phi) is 6.09. The molecule has 0 aliphatic carbocycles. The van der Waals surface area contributed by atoms with Gasteiger partial charge >= 0.3 is 0 Å². The van der Waals surface area contributed by atoms with Crippen molar-refractivity contribution in [1.82, 2.24) is 14.5 Å². The molecule has 0 radical (unpaired) electrons. The average Bonchev–Trinajstić information content (AvgIpc) is 3.41. The maximum atomic E-state index is 12.3. The van der Waals surface area contributed by atoms with E-state index < -0.39 is 0 Å². The second kappa shape index (κ2) is 8.89. The Balaban J connectivity index is 1.33. The van der Waals surface area contributed by atoms with Crippen LogP contribution in [0, 0.1) is 6.92 Å². The van der Waals surface area contributed by atoms with Gasteiger partial charge in [-0.25, -0.2) is 9.97 Å². The van der Waals surface area contributed by atoms with Crippen molar-refractivity contribution in [1.29, 1.82) is 0 Å². The van der Waals surface area contributed by atoms with Gasteiger partial charge in [-0.3, -0.25) is 4.79 Å². The van der Waals surface area contributed by atoms with Crippen LogP contribution in [0.3, 0.4) is 0 Å². The average molecular weight is 429 g/mol. The Morgan fingerprint density at radius 2 is 2.25 bits per heavy atom. The molecule has 0 saturated carbocycles. The van der Waals surface area contributed by atoms with Crippen LogP contribution < -0.4 is 5.32 Å². The molecule has 0 atom stereocenters. The minimum Gasteiger partial charge on any atom is -0.335 e. The number of nitrogens with zero attached hydrogens (tertiary/aromatic N) is 3. The van der Waals surface area contributed by atoms with Gasteiger partial charge in [-0.15, -0.1) is 11.3 Å². The van der Waals surface area contributed by atoms with E-state index in [9.17, 15) is 4.79 Å². The number of aryl methyl sites for hydroxylation is 3. The van der Waals surface area contributed by atoms with E-state index in [-0.39, 0.29) is 5.91 Å². The number of benzene rings is 1. The predicted octanol–water partition coefficient (Wildman–Crippen LogP) is 5.23. The van der Waals surface area contributed by atoms with Crippen LogP contribution in [0.2, 0.25) is 0 Å². The monoisotopic (exact) mass is 428 g/mol. The lowest BCUT2D eigenvalue weighted by Crippen LogP contribution is -2.14. The number of thiophene rings is 1. The number of imidazole rings is 1. The maximum Gasteiger partial charge on any atom is 0.226 e. The summed E-state index contributed by atoms with van der Waals surface area (Å²) in [5, 5.41) is 7.30. The Bertz CT molecular complexity index is 1070. The van der Waals surface area contributed by atoms with Gasteiger partial charge in [0.2, 0.25) is 5.91 Å². The summed E-state index contributed by atoms with van der Waals surface area (Å²) in [4.78, 5) is 21.1. The molecule has 144 valence electrons. The molecule has 4 aromatic rings. The molecule has 5 nitrogen and oxygen atoms in total. The first-order chi connectivity index (χ1) is 13.7. The lowest BCUT2D eigenvalue weighted by atomic mass is 10.3. The quantitative estimate of drug-likeness (QED) is 0.391. The van der Waals surface area contributed by atoms with Crippen LogP contribution in [0.25, 0.3) is 10.2 Å². The number of fused-ring (bicyclic) bond motifs is 1. The molecule has 0 aliphatic heterocycles. The van der Waals surface area contributed by atoms with Gasteiger partial charge in [0.15, 0.2) is 4.34 Å². The van der Waals surface area contributed by atoms with Gasteiger partial charge < -0.3 is 9.88 Å². The summed E-state index contributed by atoms with van der Waals surface area (Å²) in [6, 6.07) is 8.08. The molecule has 3 aromatic heterocycles. The molecule has 0 spiro atoms. The van der Waals surface area contributed by atoms with E-state index in [1.165, 1.54) is 5.56 Å². The number of carbonyl (C=O) groups excluding carboxylic acids is 1. The third-order valence-electron chi connectivity index (χ3n) is 4.35. The SMILES string of the molecule is Cc1nccn1CCC(=O)Nc1ccc2nc(SCCc3ccsc3)sc2c1. The van der Waals surface area contributed by atoms with Crippen molar-refractivity contribution < 1.29 is 4.79 Å². The molecular weight excluding hydrogens is 408 g/mol. The number of anilines is 1. The largest absolute Gasteiger partial charge is 0.335 e. The zero-order valence-corrected chi connectivity index (χ0v) is 17.9. The molecular formula is C20H20N4OS3. The van der Waals surface area contributed by atoms with E-state index in [1.54, 1.807) is 40.6 Å². The lowest BCUT2D eigenvalue weighted by Gasteiger charge is -2.07. The number of rotatable bonds is 8. The summed E-state index contributed by atoms with van der Waals surface area (Å²) in [6.07, 6.45) is 5.12. The second-order valence-electron chi connectivity index (χ2n) is 6.36. The summed E-state index contributed by atoms with van der Waals surface area (Å²) in [5.74, 6) is 1.94. The third kappa shape index (κ3) is 4.81. The zero-order valence-electron chi connectivity index (χ0n) is 15.4. The first-order valence-corrected chi connectivity index (χ1v) is 11.7. The van der Waals surface area contributed by atoms with Gasteiger partial charge in [-0.1, -0.05) is 11.8 Å². The van der Waals surface area contributed by atoms with Crippen molar-refractivity contribution >= 4 is 56.2 Å². The van der Waals surface area contributed by atoms with Crippen molar-refractivity contribution in [3.63, 3.8) is 0 Å². The van der Waals surface area contributed by atoms with Crippen molar-refractivity contribution in [2.24, 2.45) is 0 Å². The van der Waals surface area contributed by atoms with E-state index in [0.29, 0.717) is 13.0 Å². The highest BCUT2D eigenvalue weighted by molar-refractivity contribution is 8.01. The predicted molar refractivity (Wildman–Crippen MR) is 119 cm³/mol. The Labute approximate surface area is 175 Å². The van der Waals surface area contributed by atoms with Gasteiger partial charge in [-0.2, -0.15) is 11.3 Å². The number of thiazole rings is 1. The van der Waals surface area contributed by atoms with Crippen molar-refractivity contribution in [2.45, 2.75) is 30.6 Å². The van der Waals surface area contributed by atoms with Crippen LogP contribution in [0.4, 0.5) is 5.69 Å². The highest BCUT2D eigenvalue weighted by atomic mass is 32.2. The molecule has 28 heavy (non-hydrogen) atoms. The Hall–Kier alpha value is -2.16. The molecule has 3 heterocycles. The van der Waals surface area contributed by atoms with Gasteiger partial charge in [0.05, 0.1) is 10.2 Å². The number of amides is 1. The molecule has 0 aliphatic rings. The summed E-state index contributed by atoms with van der Waals surface area (Å²) in [6.45, 7) is 2.57. The van der Waals surface area contributed by atoms with E-state index in [0.717, 1.165) is 38.2 Å². The van der Waals surface area contributed by atoms with E-state index in [1.807, 2.05) is 35.9 Å². The number of hydrogen-bond donors (Lipinski definition) is 1. The number of thioether (sulfide) groups is 1. The highest BCUT2D eigenvalue weighted by Crippen LogP contribution is 2.31. The van der Waals surface area contributed by atoms with Crippen LogP contribution in [-0.4, -0.2) is 26.2 Å². The van der Waals surface area contributed by atoms with E-state index in [2.05, 4.69) is 27.1 Å². The van der Waals surface area contributed by atoms with Crippen LogP contribution >= 0.6 is 34.4 Å². The van der Waals surface area contributed by atoms with Gasteiger partial charge in [0, 0.05) is 36.8 Å². The van der Waals surface area contributed by atoms with Gasteiger partial charge in [0.25, 0.3) is 0 Å². The highest BCUT2D eigenvalue weighted by Gasteiger charge is 2.08. The van der Waals surface area contributed by atoms with Gasteiger partial charge in [-0.05, 0) is 53.9 Å². The zero-order chi connectivity index (χ0) is 19.3. The second-order valence-corrected chi connectivity index (χ2v) is 9.51. The smallest absolute Gasteiger partial charge is 0.226 e. The summed E-state index contributed by atoms with van der Waals surface area (Å²) in [5.41, 5.74) is 3.18. The molecule has 1 amide bonds. The lowest BCUT2D eigenvalue weighted by molar-refractivity contribution is -0.116. The minimum absolute atomic E-state index is 0.00215. The Morgan fingerprint density at radius 1 is 1.32 bits per heavy atom. The van der Waals surface area contributed by atoms with Crippen molar-refractivity contribution in [3.05, 3.63) is 58.8 Å². The number of aromatic nitrogens is 3. The molecule has 4 rings (SSSR count). The molecule has 0 unspecified atom stereocenters. The van der Waals surface area contributed by atoms with E-state index in [4.69, 9.17) is 4.98 Å². The molecule has 0 saturated heterocycles. The fourth-order valence-electron chi connectivity index (χ4n) is 2.82. The third-order valence-corrected chi connectivity index (χ3v) is 7.25. The first kappa shape index (κ1) is 19.2. The number of hydrogen-bond acceptors (Lipinski definition) is 6. The van der Waals surface area contributed by atoms with Crippen molar-refractivity contribution in [2.75, 3.05) is 11.1 Å². The molecule has 1 N–H and O–H groups in total. The van der Waals surface area contributed by atoms with Crippen LogP contribution in [0.1, 0.15) is 17.8 Å². The topological polar surface area (TPSA) is 59.8 Å². The first-order valence-electron chi connectivity index (χ1n) is 8.99. The number of carbonyl (C=O) groups is 1. The molecule has 0 bridgehead atoms. The fraction of sp³-hybridized carbons (Fsp3) is 0.250. The normalized spacial score (nSPS) is 11.2. The summed E-state index contributed by atoms with van der Waals surface area (Å²) in [7, 11) is 0. The minimum atomic E-state index is 0.00215. The molecule has 8 heteroatoms. The number of nitrogens with one attached hydrogen (secondary N) is 1. The van der Waals surface area contributed by atoms with Crippen LogP contribution in [0.5, 0.6) is 0 Å². The van der Waals surface area contributed by atoms with Gasteiger partial charge in [0.1, 0.15) is 5.82 Å². The van der Waals surface area contributed by atoms with E-state index >= 15 is 0 Å². The maximum absolute atomic E-state index is 12.3. The molecule has 1 aromatic carbocycles. The summed E-state index contributed by atoms with van der Waals surface area (Å²) >= 11 is 5.21. The van der Waals surface area contributed by atoms with Crippen LogP contribution in [-0.2, 0) is 17.8 Å². The fourth-order valence-corrected chi connectivity index (χ4v) is 5.69.